The molecule has 1 aromatic heterocycles. The minimum absolute atomic E-state index is 0.0434. The first-order valence-corrected chi connectivity index (χ1v) is 11.7. The molecule has 6 nitrogen and oxygen atoms in total. The van der Waals surface area contributed by atoms with Crippen LogP contribution in [0.4, 0.5) is 4.79 Å². The molecule has 2 saturated heterocycles. The highest BCUT2D eigenvalue weighted by Crippen LogP contribution is 2.34. The van der Waals surface area contributed by atoms with Gasteiger partial charge >= 0.3 is 0 Å². The van der Waals surface area contributed by atoms with Crippen molar-refractivity contribution in [1.82, 2.24) is 14.4 Å². The van der Waals surface area contributed by atoms with Crippen molar-refractivity contribution in [3.05, 3.63) is 39.3 Å². The van der Waals surface area contributed by atoms with Gasteiger partial charge in [0.1, 0.15) is 6.54 Å². The normalized spacial score (nSPS) is 18.9. The molecule has 2 aliphatic heterocycles. The Kier molecular flexibility index (Phi) is 6.26. The number of hydrogen-bond acceptors (Lipinski definition) is 4. The maximum atomic E-state index is 12.9. The van der Waals surface area contributed by atoms with Gasteiger partial charge in [-0.3, -0.25) is 19.3 Å². The van der Waals surface area contributed by atoms with Crippen molar-refractivity contribution in [2.75, 3.05) is 19.6 Å². The number of carbonyl (C=O) groups excluding carboxylic acids is 3. The Morgan fingerprint density at radius 3 is 2.77 bits per heavy atom. The van der Waals surface area contributed by atoms with E-state index in [1.807, 2.05) is 33.9 Å². The molecule has 0 radical (unpaired) electrons. The van der Waals surface area contributed by atoms with E-state index in [4.69, 9.17) is 6.42 Å². The number of benzene rings is 1. The first-order chi connectivity index (χ1) is 14.9. The van der Waals surface area contributed by atoms with Gasteiger partial charge < -0.3 is 9.47 Å². The number of piperidine rings is 1. The highest BCUT2D eigenvalue weighted by atomic mass is 79.9. The van der Waals surface area contributed by atoms with Crippen molar-refractivity contribution >= 4 is 61.7 Å². The molecule has 160 valence electrons. The van der Waals surface area contributed by atoms with E-state index in [-0.39, 0.29) is 30.1 Å². The number of terminal acetylenes is 1. The van der Waals surface area contributed by atoms with Crippen molar-refractivity contribution in [2.24, 2.45) is 5.92 Å². The van der Waals surface area contributed by atoms with Crippen LogP contribution in [0.5, 0.6) is 0 Å². The van der Waals surface area contributed by atoms with Crippen LogP contribution < -0.4 is 0 Å². The summed E-state index contributed by atoms with van der Waals surface area (Å²) in [5.41, 5.74) is 1.68. The van der Waals surface area contributed by atoms with Gasteiger partial charge in [-0.05, 0) is 54.8 Å². The molecule has 0 spiro atoms. The lowest BCUT2D eigenvalue weighted by molar-refractivity contribution is -0.133. The predicted molar refractivity (Wildman–Crippen MR) is 126 cm³/mol. The summed E-state index contributed by atoms with van der Waals surface area (Å²) in [5.74, 6) is 2.70. The number of likely N-dealkylation sites (tertiary alicyclic amines) is 1. The van der Waals surface area contributed by atoms with E-state index in [1.54, 1.807) is 6.08 Å². The van der Waals surface area contributed by atoms with Crippen molar-refractivity contribution in [3.63, 3.8) is 0 Å². The molecule has 0 bridgehead atoms. The fourth-order valence-corrected chi connectivity index (χ4v) is 5.11. The Labute approximate surface area is 193 Å². The van der Waals surface area contributed by atoms with Gasteiger partial charge in [-0.15, -0.1) is 6.42 Å². The molecule has 2 aromatic rings. The third-order valence-corrected chi connectivity index (χ3v) is 7.13. The van der Waals surface area contributed by atoms with E-state index in [2.05, 4.69) is 28.8 Å². The molecular weight excluding hydrogens is 478 g/mol. The number of fused-ring (bicyclic) bond motifs is 1. The molecule has 31 heavy (non-hydrogen) atoms. The van der Waals surface area contributed by atoms with E-state index in [1.165, 1.54) is 0 Å². The molecule has 8 heteroatoms. The number of carbonyl (C=O) groups is 3. The predicted octanol–water partition coefficient (Wildman–Crippen LogP) is 4.33. The van der Waals surface area contributed by atoms with E-state index in [9.17, 15) is 14.4 Å². The second-order valence-electron chi connectivity index (χ2n) is 7.91. The lowest BCUT2D eigenvalue weighted by Crippen LogP contribution is -2.39. The highest BCUT2D eigenvalue weighted by molar-refractivity contribution is 9.10. The minimum atomic E-state index is -0.387. The van der Waals surface area contributed by atoms with E-state index in [0.717, 1.165) is 63.5 Å². The highest BCUT2D eigenvalue weighted by Gasteiger charge is 2.34. The van der Waals surface area contributed by atoms with Crippen LogP contribution in [0.2, 0.25) is 0 Å². The lowest BCUT2D eigenvalue weighted by Gasteiger charge is -2.30. The number of amides is 3. The van der Waals surface area contributed by atoms with Gasteiger partial charge in [0.2, 0.25) is 5.91 Å². The number of hydrogen-bond donors (Lipinski definition) is 0. The molecule has 0 unspecified atom stereocenters. The molecule has 3 heterocycles. The Balaban J connectivity index is 1.65. The van der Waals surface area contributed by atoms with Crippen LogP contribution in [0.3, 0.4) is 0 Å². The Morgan fingerprint density at radius 1 is 1.32 bits per heavy atom. The number of imide groups is 1. The van der Waals surface area contributed by atoms with Gasteiger partial charge in [-0.1, -0.05) is 28.8 Å². The first-order valence-electron chi connectivity index (χ1n) is 10.1. The Bertz CT molecular complexity index is 1140. The number of nitrogens with zero attached hydrogens (tertiary/aromatic N) is 3. The third kappa shape index (κ3) is 4.43. The molecule has 0 saturated carbocycles. The maximum Gasteiger partial charge on any atom is 0.294 e. The Morgan fingerprint density at radius 2 is 2.06 bits per heavy atom. The summed E-state index contributed by atoms with van der Waals surface area (Å²) >= 11 is 4.38. The zero-order chi connectivity index (χ0) is 22.1. The summed E-state index contributed by atoms with van der Waals surface area (Å²) in [6, 6.07) is 5.83. The summed E-state index contributed by atoms with van der Waals surface area (Å²) in [5, 5.41) is 0.534. The molecule has 0 N–H and O–H groups in total. The summed E-state index contributed by atoms with van der Waals surface area (Å²) in [7, 11) is 0. The number of thioether (sulfide) groups is 1. The molecule has 0 atom stereocenters. The molecule has 4 rings (SSSR count). The smallest absolute Gasteiger partial charge is 0.294 e. The SMILES string of the molecule is C#CCN1C(=O)S/C(=C\c2cn(CC(=O)N3CCC(C)CC3)c3ccc(Br)cc23)C1=O. The average Bonchev–Trinajstić information content (AvgIpc) is 3.20. The largest absolute Gasteiger partial charge is 0.341 e. The van der Waals surface area contributed by atoms with E-state index < -0.39 is 0 Å². The van der Waals surface area contributed by atoms with Crippen LogP contribution >= 0.6 is 27.7 Å². The van der Waals surface area contributed by atoms with Crippen LogP contribution in [0.15, 0.2) is 33.8 Å². The Hall–Kier alpha value is -2.50. The van der Waals surface area contributed by atoms with E-state index in [0.29, 0.717) is 10.8 Å². The second kappa shape index (κ2) is 8.93. The zero-order valence-electron chi connectivity index (χ0n) is 17.1. The van der Waals surface area contributed by atoms with Crippen molar-refractivity contribution in [1.29, 1.82) is 0 Å². The monoisotopic (exact) mass is 499 g/mol. The first kappa shape index (κ1) is 21.7. The minimum Gasteiger partial charge on any atom is -0.341 e. The average molecular weight is 500 g/mol. The lowest BCUT2D eigenvalue weighted by atomic mass is 9.99. The topological polar surface area (TPSA) is 62.6 Å². The molecular formula is C23H22BrN3O3S. The van der Waals surface area contributed by atoms with Gasteiger partial charge in [-0.25, -0.2) is 0 Å². The molecule has 2 fully saturated rings. The summed E-state index contributed by atoms with van der Waals surface area (Å²) in [4.78, 5) is 40.9. The number of aromatic nitrogens is 1. The van der Waals surface area contributed by atoms with Crippen LogP contribution in [-0.2, 0) is 16.1 Å². The zero-order valence-corrected chi connectivity index (χ0v) is 19.5. The van der Waals surface area contributed by atoms with Crippen LogP contribution in [0, 0.1) is 18.3 Å². The summed E-state index contributed by atoms with van der Waals surface area (Å²) in [6.45, 7) is 3.99. The number of halogens is 1. The number of rotatable bonds is 4. The molecule has 3 amide bonds. The molecule has 2 aliphatic rings. The van der Waals surface area contributed by atoms with Gasteiger partial charge in [0.25, 0.3) is 11.1 Å². The third-order valence-electron chi connectivity index (χ3n) is 5.73. The van der Waals surface area contributed by atoms with Crippen molar-refractivity contribution < 1.29 is 14.4 Å². The fourth-order valence-electron chi connectivity index (χ4n) is 3.92. The fraction of sp³-hybridized carbons (Fsp3) is 0.348. The van der Waals surface area contributed by atoms with Crippen LogP contribution in [0.1, 0.15) is 25.3 Å². The maximum absolute atomic E-state index is 12.9. The van der Waals surface area contributed by atoms with Crippen LogP contribution in [0.25, 0.3) is 17.0 Å². The van der Waals surface area contributed by atoms with E-state index >= 15 is 0 Å². The van der Waals surface area contributed by atoms with Crippen molar-refractivity contribution in [3.8, 4) is 12.3 Å². The summed E-state index contributed by atoms with van der Waals surface area (Å²) < 4.78 is 2.81. The van der Waals surface area contributed by atoms with Crippen LogP contribution in [-0.4, -0.2) is 51.1 Å². The standard InChI is InChI=1S/C23H22BrN3O3S/c1-3-8-27-22(29)20(31-23(27)30)11-16-13-26(19-5-4-17(24)12-18(16)19)14-21(28)25-9-6-15(2)7-10-25/h1,4-5,11-13,15H,6-10,14H2,2H3/b20-11-. The van der Waals surface area contributed by atoms with Gasteiger partial charge in [0, 0.05) is 40.2 Å². The van der Waals surface area contributed by atoms with Gasteiger partial charge in [0.15, 0.2) is 0 Å². The quantitative estimate of drug-likeness (QED) is 0.463. The van der Waals surface area contributed by atoms with Gasteiger partial charge in [0.05, 0.1) is 11.4 Å². The second-order valence-corrected chi connectivity index (χ2v) is 9.82. The van der Waals surface area contributed by atoms with Crippen molar-refractivity contribution in [2.45, 2.75) is 26.3 Å². The molecule has 0 aliphatic carbocycles. The summed E-state index contributed by atoms with van der Waals surface area (Å²) in [6.07, 6.45) is 10.9. The molecule has 1 aromatic carbocycles. The van der Waals surface area contributed by atoms with Gasteiger partial charge in [-0.2, -0.15) is 0 Å².